The van der Waals surface area contributed by atoms with E-state index in [0.717, 1.165) is 28.1 Å². The molecule has 1 aromatic carbocycles. The number of allylic oxidation sites excluding steroid dienone is 1. The van der Waals surface area contributed by atoms with Gasteiger partial charge in [-0.3, -0.25) is 4.79 Å². The topological polar surface area (TPSA) is 74.5 Å². The highest BCUT2D eigenvalue weighted by Gasteiger charge is 2.36. The van der Waals surface area contributed by atoms with Gasteiger partial charge in [-0.2, -0.15) is 5.10 Å². The normalized spacial score (nSPS) is 17.4. The van der Waals surface area contributed by atoms with E-state index in [9.17, 15) is 14.3 Å². The third-order valence-electron chi connectivity index (χ3n) is 5.97. The van der Waals surface area contributed by atoms with Gasteiger partial charge in [-0.1, -0.05) is 17.7 Å². The fourth-order valence-electron chi connectivity index (χ4n) is 4.19. The van der Waals surface area contributed by atoms with E-state index in [2.05, 4.69) is 22.0 Å². The molecule has 2 aromatic heterocycles. The van der Waals surface area contributed by atoms with E-state index in [4.69, 9.17) is 5.10 Å². The summed E-state index contributed by atoms with van der Waals surface area (Å²) in [4.78, 5) is 20.5. The number of aliphatic hydroxyl groups is 1. The van der Waals surface area contributed by atoms with Crippen LogP contribution < -0.4 is 4.90 Å². The van der Waals surface area contributed by atoms with Gasteiger partial charge in [0.2, 0.25) is 5.91 Å². The zero-order valence-corrected chi connectivity index (χ0v) is 17.3. The Labute approximate surface area is 179 Å². The Morgan fingerprint density at radius 1 is 1.19 bits per heavy atom. The summed E-state index contributed by atoms with van der Waals surface area (Å²) in [5.74, 6) is 0.713. The highest BCUT2D eigenvalue weighted by Crippen LogP contribution is 2.38. The van der Waals surface area contributed by atoms with E-state index < -0.39 is 6.67 Å². The number of hydrogen-bond acceptors (Lipinski definition) is 5. The minimum Gasteiger partial charge on any atom is -0.389 e. The maximum absolute atomic E-state index is 12.3. The van der Waals surface area contributed by atoms with Gasteiger partial charge in [0.1, 0.15) is 12.5 Å². The van der Waals surface area contributed by atoms with Gasteiger partial charge in [-0.15, -0.1) is 0 Å². The van der Waals surface area contributed by atoms with Gasteiger partial charge in [-0.05, 0) is 31.2 Å². The standard InChI is InChI=1S/C23H24FN5O2/c1-15-4-6-17(7-5-15)29-19-8-10-25-23(28-13-18(30)14-28)21(19)22(26-29)16-11-27(12-16)20(31)3-2-9-24/h2-8,10,16,18,30H,9,11-14H2,1H3/b3-2+. The first-order chi connectivity index (χ1) is 15.0. The number of benzene rings is 1. The molecule has 2 saturated heterocycles. The number of carbonyl (C=O) groups excluding carboxylic acids is 1. The Bertz CT molecular complexity index is 1140. The molecule has 2 aliphatic heterocycles. The van der Waals surface area contributed by atoms with Crippen LogP contribution in [0.5, 0.6) is 0 Å². The lowest BCUT2D eigenvalue weighted by molar-refractivity contribution is -0.130. The van der Waals surface area contributed by atoms with Crippen LogP contribution in [0, 0.1) is 6.92 Å². The second-order valence-corrected chi connectivity index (χ2v) is 8.22. The number of aryl methyl sites for hydroxylation is 1. The molecule has 0 aliphatic carbocycles. The summed E-state index contributed by atoms with van der Waals surface area (Å²) >= 11 is 0. The number of pyridine rings is 1. The number of β-amino-alcohol motifs (C(OH)–C–C–N with tert-alkyl or cyclic N) is 1. The van der Waals surface area contributed by atoms with Crippen molar-refractivity contribution in [2.24, 2.45) is 0 Å². The first-order valence-corrected chi connectivity index (χ1v) is 10.4. The molecule has 4 heterocycles. The van der Waals surface area contributed by atoms with Crippen molar-refractivity contribution in [3.8, 4) is 5.69 Å². The zero-order chi connectivity index (χ0) is 21.5. The molecule has 1 N–H and O–H groups in total. The number of alkyl halides is 1. The minimum absolute atomic E-state index is 0.0751. The Balaban J connectivity index is 1.55. The summed E-state index contributed by atoms with van der Waals surface area (Å²) in [5, 5.41) is 15.7. The fourth-order valence-corrected chi connectivity index (χ4v) is 4.19. The predicted octanol–water partition coefficient (Wildman–Crippen LogP) is 2.36. The van der Waals surface area contributed by atoms with E-state index in [-0.39, 0.29) is 17.9 Å². The van der Waals surface area contributed by atoms with Crippen LogP contribution in [0.1, 0.15) is 17.2 Å². The number of aliphatic hydroxyl groups excluding tert-OH is 1. The highest BCUT2D eigenvalue weighted by molar-refractivity contribution is 5.95. The van der Waals surface area contributed by atoms with Crippen LogP contribution in [0.25, 0.3) is 16.6 Å². The zero-order valence-electron chi connectivity index (χ0n) is 17.3. The quantitative estimate of drug-likeness (QED) is 0.641. The first-order valence-electron chi connectivity index (χ1n) is 10.4. The van der Waals surface area contributed by atoms with E-state index in [1.165, 1.54) is 17.7 Å². The number of anilines is 1. The van der Waals surface area contributed by atoms with Crippen molar-refractivity contribution in [3.63, 3.8) is 0 Å². The van der Waals surface area contributed by atoms with E-state index in [1.807, 2.05) is 29.8 Å². The van der Waals surface area contributed by atoms with Gasteiger partial charge in [0, 0.05) is 44.4 Å². The molecular weight excluding hydrogens is 397 g/mol. The van der Waals surface area contributed by atoms with Crippen molar-refractivity contribution >= 4 is 22.6 Å². The summed E-state index contributed by atoms with van der Waals surface area (Å²) in [6, 6.07) is 10.1. The second kappa shape index (κ2) is 7.77. The lowest BCUT2D eigenvalue weighted by Gasteiger charge is -2.39. The number of amides is 1. The van der Waals surface area contributed by atoms with Gasteiger partial charge in [-0.25, -0.2) is 14.1 Å². The van der Waals surface area contributed by atoms with Crippen molar-refractivity contribution in [1.29, 1.82) is 0 Å². The van der Waals surface area contributed by atoms with Gasteiger partial charge >= 0.3 is 0 Å². The Hall–Kier alpha value is -3.26. The number of likely N-dealkylation sites (tertiary alicyclic amines) is 1. The summed E-state index contributed by atoms with van der Waals surface area (Å²) < 4.78 is 14.3. The molecule has 0 radical (unpaired) electrons. The van der Waals surface area contributed by atoms with Gasteiger partial charge in [0.05, 0.1) is 28.4 Å². The van der Waals surface area contributed by atoms with Crippen molar-refractivity contribution in [2.45, 2.75) is 18.9 Å². The van der Waals surface area contributed by atoms with Crippen LogP contribution >= 0.6 is 0 Å². The largest absolute Gasteiger partial charge is 0.389 e. The number of carbonyl (C=O) groups is 1. The molecule has 0 atom stereocenters. The molecule has 31 heavy (non-hydrogen) atoms. The number of hydrogen-bond donors (Lipinski definition) is 1. The van der Waals surface area contributed by atoms with Crippen molar-refractivity contribution < 1.29 is 14.3 Å². The SMILES string of the molecule is Cc1ccc(-n2nc(C3CN(C(=O)/C=C/CF)C3)c3c(N4CC(O)C4)nccc32)cc1. The van der Waals surface area contributed by atoms with Gasteiger partial charge in [0.25, 0.3) is 0 Å². The highest BCUT2D eigenvalue weighted by atomic mass is 19.1. The van der Waals surface area contributed by atoms with E-state index in [0.29, 0.717) is 26.2 Å². The Kier molecular flexibility index (Phi) is 4.94. The number of halogens is 1. The molecule has 0 saturated carbocycles. The molecular formula is C23H24FN5O2. The molecule has 0 spiro atoms. The number of rotatable bonds is 5. The molecule has 160 valence electrons. The summed E-state index contributed by atoms with van der Waals surface area (Å²) in [6.45, 7) is 3.56. The molecule has 2 aliphatic rings. The van der Waals surface area contributed by atoms with Crippen LogP contribution in [0.15, 0.2) is 48.7 Å². The van der Waals surface area contributed by atoms with Crippen LogP contribution in [-0.4, -0.2) is 69.6 Å². The van der Waals surface area contributed by atoms with Crippen LogP contribution in [0.3, 0.4) is 0 Å². The van der Waals surface area contributed by atoms with E-state index in [1.54, 1.807) is 11.1 Å². The first kappa shape index (κ1) is 19.7. The average Bonchev–Trinajstić information content (AvgIpc) is 3.09. The van der Waals surface area contributed by atoms with Crippen molar-refractivity contribution in [1.82, 2.24) is 19.7 Å². The predicted molar refractivity (Wildman–Crippen MR) is 116 cm³/mol. The van der Waals surface area contributed by atoms with Gasteiger partial charge < -0.3 is 14.9 Å². The summed E-state index contributed by atoms with van der Waals surface area (Å²) in [6.07, 6.45) is 3.95. The van der Waals surface area contributed by atoms with E-state index >= 15 is 0 Å². The molecule has 7 nitrogen and oxygen atoms in total. The third-order valence-corrected chi connectivity index (χ3v) is 5.97. The summed E-state index contributed by atoms with van der Waals surface area (Å²) in [5.41, 5.74) is 3.98. The third kappa shape index (κ3) is 3.46. The lowest BCUT2D eigenvalue weighted by atomic mass is 9.93. The second-order valence-electron chi connectivity index (χ2n) is 8.22. The molecule has 5 rings (SSSR count). The van der Waals surface area contributed by atoms with Crippen LogP contribution in [-0.2, 0) is 4.79 Å². The van der Waals surface area contributed by atoms with Gasteiger partial charge in [0.15, 0.2) is 0 Å². The molecule has 8 heteroatoms. The maximum Gasteiger partial charge on any atom is 0.246 e. The fraction of sp³-hybridized carbons (Fsp3) is 0.348. The smallest absolute Gasteiger partial charge is 0.246 e. The van der Waals surface area contributed by atoms with Crippen molar-refractivity contribution in [2.75, 3.05) is 37.8 Å². The maximum atomic E-state index is 12.3. The molecule has 3 aromatic rings. The number of nitrogens with zero attached hydrogens (tertiary/aromatic N) is 5. The molecule has 0 bridgehead atoms. The molecule has 1 amide bonds. The van der Waals surface area contributed by atoms with Crippen LogP contribution in [0.2, 0.25) is 0 Å². The summed E-state index contributed by atoms with van der Waals surface area (Å²) in [7, 11) is 0. The molecule has 2 fully saturated rings. The monoisotopic (exact) mass is 421 g/mol. The average molecular weight is 421 g/mol. The Morgan fingerprint density at radius 3 is 2.61 bits per heavy atom. The van der Waals surface area contributed by atoms with Crippen LogP contribution in [0.4, 0.5) is 10.2 Å². The Morgan fingerprint density at radius 2 is 1.94 bits per heavy atom. The lowest BCUT2D eigenvalue weighted by Crippen LogP contribution is -2.51. The number of fused-ring (bicyclic) bond motifs is 1. The number of aromatic nitrogens is 3. The minimum atomic E-state index is -0.648. The molecule has 0 unspecified atom stereocenters. The van der Waals surface area contributed by atoms with Crippen molar-refractivity contribution in [3.05, 3.63) is 59.9 Å².